The number of carbonyl (C=O) groups is 1. The molecule has 0 unspecified atom stereocenters. The van der Waals surface area contributed by atoms with Crippen molar-refractivity contribution in [1.29, 1.82) is 0 Å². The van der Waals surface area contributed by atoms with Gasteiger partial charge in [-0.05, 0) is 48.9 Å². The Kier molecular flexibility index (Phi) is 11.6. The molecular weight excluding hydrogens is 627 g/mol. The molecule has 0 saturated heterocycles. The lowest BCUT2D eigenvalue weighted by Crippen LogP contribution is -1.96. The van der Waals surface area contributed by atoms with Crippen LogP contribution >= 0.6 is 46.7 Å². The summed E-state index contributed by atoms with van der Waals surface area (Å²) >= 11 is 12.7. The first-order valence-electron chi connectivity index (χ1n) is 12.8. The van der Waals surface area contributed by atoms with Gasteiger partial charge in [0, 0.05) is 33.0 Å². The van der Waals surface area contributed by atoms with E-state index in [1.165, 1.54) is 0 Å². The van der Waals surface area contributed by atoms with Gasteiger partial charge in [-0.3, -0.25) is 14.8 Å². The maximum Gasteiger partial charge on any atom is 0.168 e. The molecule has 6 rings (SSSR count). The summed E-state index contributed by atoms with van der Waals surface area (Å²) in [5, 5.41) is 13.4. The molecule has 1 N–H and O–H groups in total. The van der Waals surface area contributed by atoms with Gasteiger partial charge in [0.25, 0.3) is 0 Å². The Morgan fingerprint density at radius 3 is 1.72 bits per heavy atom. The van der Waals surface area contributed by atoms with Crippen molar-refractivity contribution in [3.63, 3.8) is 0 Å². The summed E-state index contributed by atoms with van der Waals surface area (Å²) in [6, 6.07) is 15.3. The predicted octanol–water partition coefficient (Wildman–Crippen LogP) is 7.75. The number of ether oxygens (including phenoxy) is 2. The minimum absolute atomic E-state index is 0.0883. The SMILES string of the molecule is COc1cc2cccnc2c2nc(C=O)cc(SC)c12.COc1cc2cccnc2c2nc(CO)cc(SC)c12.ClCCl. The first-order valence-corrected chi connectivity index (χ1v) is 16.3. The van der Waals surface area contributed by atoms with Gasteiger partial charge in [-0.2, -0.15) is 0 Å². The number of benzene rings is 2. The molecule has 0 fully saturated rings. The zero-order chi connectivity index (χ0) is 30.9. The summed E-state index contributed by atoms with van der Waals surface area (Å²) in [5.74, 6) is 1.52. The highest BCUT2D eigenvalue weighted by Gasteiger charge is 2.16. The topological polar surface area (TPSA) is 107 Å². The van der Waals surface area contributed by atoms with E-state index >= 15 is 0 Å². The van der Waals surface area contributed by atoms with E-state index in [4.69, 9.17) is 32.7 Å². The molecule has 4 aromatic heterocycles. The third-order valence-electron chi connectivity index (χ3n) is 6.39. The number of halogens is 2. The van der Waals surface area contributed by atoms with Crippen LogP contribution in [-0.4, -0.2) is 63.4 Å². The number of hydrogen-bond acceptors (Lipinski definition) is 10. The summed E-state index contributed by atoms with van der Waals surface area (Å²) in [6.45, 7) is -0.0883. The van der Waals surface area contributed by atoms with E-state index < -0.39 is 0 Å². The van der Waals surface area contributed by atoms with Gasteiger partial charge in [-0.1, -0.05) is 12.1 Å². The molecule has 0 aliphatic rings. The maximum atomic E-state index is 11.1. The number of aromatic nitrogens is 4. The molecular formula is C31H28Cl2N4O4S2. The smallest absolute Gasteiger partial charge is 0.168 e. The molecule has 0 atom stereocenters. The van der Waals surface area contributed by atoms with Gasteiger partial charge in [0.15, 0.2) is 6.29 Å². The van der Waals surface area contributed by atoms with Gasteiger partial charge in [-0.25, -0.2) is 9.97 Å². The van der Waals surface area contributed by atoms with Crippen LogP contribution < -0.4 is 9.47 Å². The van der Waals surface area contributed by atoms with E-state index in [1.54, 1.807) is 56.2 Å². The average Bonchev–Trinajstić information content (AvgIpc) is 3.06. The Labute approximate surface area is 267 Å². The summed E-state index contributed by atoms with van der Waals surface area (Å²) in [5.41, 5.74) is 4.13. The van der Waals surface area contributed by atoms with Crippen LogP contribution in [0, 0.1) is 0 Å². The van der Waals surface area contributed by atoms with Crippen molar-refractivity contribution >= 4 is 96.6 Å². The number of aldehydes is 1. The molecule has 8 nitrogen and oxygen atoms in total. The highest BCUT2D eigenvalue weighted by molar-refractivity contribution is 7.99. The molecule has 2 aromatic carbocycles. The molecule has 0 spiro atoms. The van der Waals surface area contributed by atoms with Crippen LogP contribution in [0.25, 0.3) is 43.6 Å². The number of pyridine rings is 4. The second-order valence-electron chi connectivity index (χ2n) is 8.70. The number of aliphatic hydroxyl groups excluding tert-OH is 1. The van der Waals surface area contributed by atoms with Gasteiger partial charge in [0.05, 0.1) is 53.7 Å². The molecule has 0 amide bonds. The number of carbonyl (C=O) groups excluding carboxylic acids is 1. The largest absolute Gasteiger partial charge is 0.496 e. The molecule has 12 heteroatoms. The Hall–Kier alpha value is -3.41. The van der Waals surface area contributed by atoms with Crippen molar-refractivity contribution in [2.75, 3.05) is 32.1 Å². The molecule has 0 bridgehead atoms. The number of nitrogens with zero attached hydrogens (tertiary/aromatic N) is 4. The Morgan fingerprint density at radius 2 is 1.28 bits per heavy atom. The van der Waals surface area contributed by atoms with Crippen molar-refractivity contribution in [2.24, 2.45) is 0 Å². The van der Waals surface area contributed by atoms with Crippen molar-refractivity contribution in [1.82, 2.24) is 19.9 Å². The average molecular weight is 656 g/mol. The summed E-state index contributed by atoms with van der Waals surface area (Å²) < 4.78 is 11.0. The van der Waals surface area contributed by atoms with Crippen molar-refractivity contribution in [3.05, 3.63) is 72.3 Å². The van der Waals surface area contributed by atoms with E-state index in [1.807, 2.05) is 55.0 Å². The number of alkyl halides is 2. The van der Waals surface area contributed by atoms with Gasteiger partial charge in [0.2, 0.25) is 0 Å². The predicted molar refractivity (Wildman–Crippen MR) is 179 cm³/mol. The van der Waals surface area contributed by atoms with Crippen LogP contribution in [0.5, 0.6) is 11.5 Å². The molecule has 0 radical (unpaired) electrons. The van der Waals surface area contributed by atoms with Crippen molar-refractivity contribution < 1.29 is 19.4 Å². The number of aliphatic hydroxyl groups is 1. The zero-order valence-corrected chi connectivity index (χ0v) is 26.9. The number of methoxy groups -OCH3 is 2. The molecule has 222 valence electrons. The second-order valence-corrected chi connectivity index (χ2v) is 11.2. The highest BCUT2D eigenvalue weighted by atomic mass is 35.5. The van der Waals surface area contributed by atoms with Crippen LogP contribution in [0.3, 0.4) is 0 Å². The van der Waals surface area contributed by atoms with Crippen molar-refractivity contribution in [2.45, 2.75) is 16.4 Å². The molecule has 0 aliphatic carbocycles. The van der Waals surface area contributed by atoms with E-state index in [0.29, 0.717) is 16.9 Å². The lowest BCUT2D eigenvalue weighted by Gasteiger charge is -2.12. The standard InChI is InChI=1S/C15H14N2O2S.C15H12N2O2S.CH2Cl2/c2*1-19-11-6-9-4-3-5-16-14(9)15-13(11)12(20-2)7-10(8-18)17-15;2-1-3/h3-7,18H,8H2,1-2H3;3-8H,1-2H3;1H2. The van der Waals surface area contributed by atoms with Gasteiger partial charge in [-0.15, -0.1) is 46.7 Å². The Bertz CT molecular complexity index is 1910. The van der Waals surface area contributed by atoms with Gasteiger partial charge < -0.3 is 14.6 Å². The van der Waals surface area contributed by atoms with Crippen LogP contribution in [-0.2, 0) is 6.61 Å². The van der Waals surface area contributed by atoms with E-state index in [9.17, 15) is 9.90 Å². The van der Waals surface area contributed by atoms with Gasteiger partial charge in [0.1, 0.15) is 28.2 Å². The van der Waals surface area contributed by atoms with E-state index in [2.05, 4.69) is 19.9 Å². The Balaban J connectivity index is 0.000000181. The summed E-state index contributed by atoms with van der Waals surface area (Å²) in [7, 11) is 3.29. The van der Waals surface area contributed by atoms with E-state index in [0.717, 1.165) is 65.7 Å². The fourth-order valence-corrected chi connectivity index (χ4v) is 5.90. The third kappa shape index (κ3) is 6.89. The van der Waals surface area contributed by atoms with Crippen LogP contribution in [0.15, 0.2) is 70.7 Å². The van der Waals surface area contributed by atoms with Crippen LogP contribution in [0.2, 0.25) is 0 Å². The fraction of sp³-hybridized carbons (Fsp3) is 0.194. The third-order valence-corrected chi connectivity index (χ3v) is 7.92. The zero-order valence-electron chi connectivity index (χ0n) is 23.8. The Morgan fingerprint density at radius 1 is 0.791 bits per heavy atom. The second kappa shape index (κ2) is 15.4. The molecule has 4 heterocycles. The van der Waals surface area contributed by atoms with Crippen LogP contribution in [0.4, 0.5) is 0 Å². The number of fused-ring (bicyclic) bond motifs is 6. The number of thioether (sulfide) groups is 2. The monoisotopic (exact) mass is 654 g/mol. The summed E-state index contributed by atoms with van der Waals surface area (Å²) in [4.78, 5) is 30.8. The first-order chi connectivity index (χ1) is 21.0. The quantitative estimate of drug-likeness (QED) is 0.0828. The normalized spacial score (nSPS) is 10.7. The number of rotatable bonds is 6. The van der Waals surface area contributed by atoms with Crippen LogP contribution in [0.1, 0.15) is 16.2 Å². The minimum atomic E-state index is -0.0883. The first kappa shape index (κ1) is 32.5. The van der Waals surface area contributed by atoms with Gasteiger partial charge >= 0.3 is 0 Å². The summed E-state index contributed by atoms with van der Waals surface area (Å²) in [6.07, 6.45) is 8.19. The lowest BCUT2D eigenvalue weighted by atomic mass is 10.1. The van der Waals surface area contributed by atoms with Crippen molar-refractivity contribution in [3.8, 4) is 11.5 Å². The maximum absolute atomic E-state index is 11.1. The molecule has 0 aliphatic heterocycles. The fourth-order valence-electron chi connectivity index (χ4n) is 4.61. The molecule has 43 heavy (non-hydrogen) atoms. The lowest BCUT2D eigenvalue weighted by molar-refractivity contribution is 0.111. The highest BCUT2D eigenvalue weighted by Crippen LogP contribution is 2.38. The minimum Gasteiger partial charge on any atom is -0.496 e. The molecule has 6 aromatic rings. The molecule has 0 saturated carbocycles. The van der Waals surface area contributed by atoms with E-state index in [-0.39, 0.29) is 11.9 Å². The number of hydrogen-bond donors (Lipinski definition) is 1.